The zero-order valence-electron chi connectivity index (χ0n) is 15.0. The average molecular weight is 344 g/mol. The molecular formula is C16H28N2O6. The van der Waals surface area contributed by atoms with Gasteiger partial charge in [-0.2, -0.15) is 0 Å². The van der Waals surface area contributed by atoms with Gasteiger partial charge in [-0.25, -0.2) is 4.79 Å². The van der Waals surface area contributed by atoms with E-state index in [9.17, 15) is 19.2 Å². The van der Waals surface area contributed by atoms with Crippen LogP contribution in [0.5, 0.6) is 0 Å². The minimum atomic E-state index is -0.903. The fourth-order valence-corrected chi connectivity index (χ4v) is 1.73. The number of amides is 2. The second-order valence-corrected chi connectivity index (χ2v) is 6.65. The van der Waals surface area contributed by atoms with Crippen LogP contribution in [0.25, 0.3) is 0 Å². The lowest BCUT2D eigenvalue weighted by atomic mass is 10.1. The van der Waals surface area contributed by atoms with E-state index in [4.69, 9.17) is 9.84 Å². The molecule has 0 saturated carbocycles. The van der Waals surface area contributed by atoms with Gasteiger partial charge in [0, 0.05) is 12.8 Å². The molecule has 0 aromatic heterocycles. The Bertz CT molecular complexity index is 470. The zero-order chi connectivity index (χ0) is 18.9. The van der Waals surface area contributed by atoms with Crippen LogP contribution < -0.4 is 10.6 Å². The number of aliphatic carboxylic acids is 1. The Balaban J connectivity index is 4.20. The molecule has 0 aromatic rings. The van der Waals surface area contributed by atoms with Crippen molar-refractivity contribution in [2.45, 2.75) is 78.0 Å². The predicted octanol–water partition coefficient (Wildman–Crippen LogP) is 0.983. The molecule has 0 aliphatic heterocycles. The molecular weight excluding hydrogens is 316 g/mol. The van der Waals surface area contributed by atoms with Gasteiger partial charge in [-0.3, -0.25) is 14.4 Å². The standard InChI is InChI=1S/C16H28N2O6/c1-10(17-12(19)8-6-7-9-13(20)21)14(22)18-11(2)15(23)24-16(3,4)5/h10-11H,6-9H2,1-5H3,(H,17,19)(H,18,22)(H,20,21). The number of nitrogens with one attached hydrogen (secondary N) is 2. The van der Waals surface area contributed by atoms with E-state index in [0.717, 1.165) is 0 Å². The Hall–Kier alpha value is -2.12. The van der Waals surface area contributed by atoms with Crippen molar-refractivity contribution in [3.8, 4) is 0 Å². The molecule has 2 atom stereocenters. The Kier molecular flexibility index (Phi) is 9.02. The lowest BCUT2D eigenvalue weighted by Crippen LogP contribution is -2.50. The van der Waals surface area contributed by atoms with Crippen molar-refractivity contribution in [2.75, 3.05) is 0 Å². The molecule has 0 spiro atoms. The molecule has 0 aromatic carbocycles. The van der Waals surface area contributed by atoms with Crippen molar-refractivity contribution in [2.24, 2.45) is 0 Å². The monoisotopic (exact) mass is 344 g/mol. The topological polar surface area (TPSA) is 122 Å². The van der Waals surface area contributed by atoms with Crippen LogP contribution in [-0.4, -0.2) is 46.5 Å². The molecule has 3 N–H and O–H groups in total. The SMILES string of the molecule is CC(NC(=O)CCCCC(=O)O)C(=O)NC(C)C(=O)OC(C)(C)C. The summed E-state index contributed by atoms with van der Waals surface area (Å²) in [6.07, 6.45) is 0.989. The summed E-state index contributed by atoms with van der Waals surface area (Å²) < 4.78 is 5.16. The zero-order valence-corrected chi connectivity index (χ0v) is 15.0. The van der Waals surface area contributed by atoms with Crippen LogP contribution in [0.1, 0.15) is 60.3 Å². The van der Waals surface area contributed by atoms with Crippen molar-refractivity contribution < 1.29 is 29.0 Å². The molecule has 0 rings (SSSR count). The van der Waals surface area contributed by atoms with Gasteiger partial charge in [0.05, 0.1) is 0 Å². The van der Waals surface area contributed by atoms with Gasteiger partial charge in [0.25, 0.3) is 0 Å². The van der Waals surface area contributed by atoms with E-state index >= 15 is 0 Å². The fraction of sp³-hybridized carbons (Fsp3) is 0.750. The number of hydrogen-bond donors (Lipinski definition) is 3. The second kappa shape index (κ2) is 9.89. The van der Waals surface area contributed by atoms with Crippen LogP contribution in [0, 0.1) is 0 Å². The summed E-state index contributed by atoms with van der Waals surface area (Å²) in [5, 5.41) is 13.5. The van der Waals surface area contributed by atoms with E-state index in [1.165, 1.54) is 13.8 Å². The number of carbonyl (C=O) groups excluding carboxylic acids is 3. The van der Waals surface area contributed by atoms with Gasteiger partial charge in [0.2, 0.25) is 11.8 Å². The van der Waals surface area contributed by atoms with Gasteiger partial charge in [-0.1, -0.05) is 0 Å². The third kappa shape index (κ3) is 10.6. The van der Waals surface area contributed by atoms with Gasteiger partial charge in [0.1, 0.15) is 17.7 Å². The molecule has 0 radical (unpaired) electrons. The lowest BCUT2D eigenvalue weighted by molar-refractivity contribution is -0.158. The van der Waals surface area contributed by atoms with Gasteiger partial charge in [-0.05, 0) is 47.5 Å². The quantitative estimate of drug-likeness (QED) is 0.423. The third-order valence-corrected chi connectivity index (χ3v) is 2.93. The van der Waals surface area contributed by atoms with Crippen molar-refractivity contribution >= 4 is 23.8 Å². The minimum Gasteiger partial charge on any atom is -0.481 e. The molecule has 24 heavy (non-hydrogen) atoms. The number of carboxylic acids is 1. The first-order valence-corrected chi connectivity index (χ1v) is 7.96. The van der Waals surface area contributed by atoms with Crippen LogP contribution in [0.3, 0.4) is 0 Å². The molecule has 0 fully saturated rings. The van der Waals surface area contributed by atoms with E-state index in [0.29, 0.717) is 12.8 Å². The van der Waals surface area contributed by atoms with E-state index in [1.807, 2.05) is 0 Å². The third-order valence-electron chi connectivity index (χ3n) is 2.93. The Morgan fingerprint density at radius 1 is 0.958 bits per heavy atom. The summed E-state index contributed by atoms with van der Waals surface area (Å²) in [6, 6.07) is -1.63. The summed E-state index contributed by atoms with van der Waals surface area (Å²) in [4.78, 5) is 45.8. The first-order chi connectivity index (χ1) is 10.9. The highest BCUT2D eigenvalue weighted by Crippen LogP contribution is 2.08. The summed E-state index contributed by atoms with van der Waals surface area (Å²) in [5.41, 5.74) is -0.647. The molecule has 8 heteroatoms. The molecule has 138 valence electrons. The first kappa shape index (κ1) is 21.9. The summed E-state index contributed by atoms with van der Waals surface area (Å²) in [5.74, 6) is -2.29. The Morgan fingerprint density at radius 3 is 2.00 bits per heavy atom. The van der Waals surface area contributed by atoms with E-state index < -0.39 is 35.5 Å². The molecule has 0 saturated heterocycles. The van der Waals surface area contributed by atoms with Crippen LogP contribution >= 0.6 is 0 Å². The number of rotatable bonds is 9. The number of esters is 1. The molecule has 0 aliphatic rings. The minimum absolute atomic E-state index is 0.0106. The number of carboxylic acid groups (broad SMARTS) is 1. The van der Waals surface area contributed by atoms with E-state index in [1.54, 1.807) is 20.8 Å². The maximum Gasteiger partial charge on any atom is 0.328 e. The van der Waals surface area contributed by atoms with Crippen LogP contribution in [0.15, 0.2) is 0 Å². The van der Waals surface area contributed by atoms with Gasteiger partial charge in [-0.15, -0.1) is 0 Å². The smallest absolute Gasteiger partial charge is 0.328 e. The van der Waals surface area contributed by atoms with E-state index in [2.05, 4.69) is 10.6 Å². The highest BCUT2D eigenvalue weighted by molar-refractivity contribution is 5.90. The van der Waals surface area contributed by atoms with Crippen molar-refractivity contribution in [1.82, 2.24) is 10.6 Å². The van der Waals surface area contributed by atoms with Gasteiger partial charge < -0.3 is 20.5 Å². The largest absolute Gasteiger partial charge is 0.481 e. The normalized spacial score (nSPS) is 13.5. The van der Waals surface area contributed by atoms with Gasteiger partial charge >= 0.3 is 11.9 Å². The van der Waals surface area contributed by atoms with Crippen molar-refractivity contribution in [1.29, 1.82) is 0 Å². The Labute approximate surface area is 142 Å². The average Bonchev–Trinajstić information content (AvgIpc) is 2.41. The number of ether oxygens (including phenoxy) is 1. The van der Waals surface area contributed by atoms with Crippen LogP contribution in [0.4, 0.5) is 0 Å². The van der Waals surface area contributed by atoms with Gasteiger partial charge in [0.15, 0.2) is 0 Å². The predicted molar refractivity (Wildman–Crippen MR) is 87.2 cm³/mol. The lowest BCUT2D eigenvalue weighted by Gasteiger charge is -2.23. The van der Waals surface area contributed by atoms with Crippen molar-refractivity contribution in [3.05, 3.63) is 0 Å². The fourth-order valence-electron chi connectivity index (χ4n) is 1.73. The number of unbranched alkanes of at least 4 members (excludes halogenated alkanes) is 1. The molecule has 0 heterocycles. The highest BCUT2D eigenvalue weighted by atomic mass is 16.6. The molecule has 8 nitrogen and oxygen atoms in total. The van der Waals surface area contributed by atoms with Crippen molar-refractivity contribution in [3.63, 3.8) is 0 Å². The maximum atomic E-state index is 12.0. The first-order valence-electron chi connectivity index (χ1n) is 7.96. The Morgan fingerprint density at radius 2 is 1.50 bits per heavy atom. The molecule has 0 aliphatic carbocycles. The summed E-state index contributed by atoms with van der Waals surface area (Å²) >= 11 is 0. The molecule has 2 amide bonds. The second-order valence-electron chi connectivity index (χ2n) is 6.65. The number of hydrogen-bond acceptors (Lipinski definition) is 5. The van der Waals surface area contributed by atoms with Crippen LogP contribution in [0.2, 0.25) is 0 Å². The molecule has 0 bridgehead atoms. The summed E-state index contributed by atoms with van der Waals surface area (Å²) in [6.45, 7) is 8.20. The summed E-state index contributed by atoms with van der Waals surface area (Å²) in [7, 11) is 0. The highest BCUT2D eigenvalue weighted by Gasteiger charge is 2.25. The number of carbonyl (C=O) groups is 4. The van der Waals surface area contributed by atoms with Crippen LogP contribution in [-0.2, 0) is 23.9 Å². The maximum absolute atomic E-state index is 12.0. The van der Waals surface area contributed by atoms with E-state index in [-0.39, 0.29) is 18.7 Å². The molecule has 2 unspecified atom stereocenters.